The smallest absolute Gasteiger partial charge is 0.416 e. The molecule has 1 atom stereocenters. The van der Waals surface area contributed by atoms with Crippen LogP contribution in [0.1, 0.15) is 12.0 Å². The quantitative estimate of drug-likeness (QED) is 0.606. The Morgan fingerprint density at radius 1 is 1.40 bits per heavy atom. The van der Waals surface area contributed by atoms with Crippen LogP contribution in [0.2, 0.25) is 0 Å². The normalized spacial score (nSPS) is 19.4. The first kappa shape index (κ1) is 19.0. The van der Waals surface area contributed by atoms with Crippen LogP contribution in [-0.4, -0.2) is 43.4 Å². The van der Waals surface area contributed by atoms with Crippen LogP contribution in [0.3, 0.4) is 0 Å². The molecule has 1 heterocycles. The summed E-state index contributed by atoms with van der Waals surface area (Å²) in [5, 5.41) is 13.3. The summed E-state index contributed by atoms with van der Waals surface area (Å²) in [5.74, 6) is -1.48. The maximum Gasteiger partial charge on any atom is 0.416 e. The molecular weight excluding hydrogens is 369 g/mol. The highest BCUT2D eigenvalue weighted by atomic mass is 32.2. The summed E-state index contributed by atoms with van der Waals surface area (Å²) in [4.78, 5) is 21.5. The van der Waals surface area contributed by atoms with Gasteiger partial charge in [-0.2, -0.15) is 13.2 Å². The third-order valence-electron chi connectivity index (χ3n) is 3.44. The molecule has 0 aromatic heterocycles. The average molecular weight is 382 g/mol. The number of carbonyl (C=O) groups excluding carboxylic acids is 1. The molecule has 2 rings (SSSR count). The lowest BCUT2D eigenvalue weighted by atomic mass is 10.2. The van der Waals surface area contributed by atoms with Crippen molar-refractivity contribution in [3.8, 4) is 5.75 Å². The fourth-order valence-electron chi connectivity index (χ4n) is 2.28. The summed E-state index contributed by atoms with van der Waals surface area (Å²) in [7, 11) is -3.20. The molecule has 1 aliphatic heterocycles. The van der Waals surface area contributed by atoms with Crippen LogP contribution in [0.5, 0.6) is 5.75 Å². The summed E-state index contributed by atoms with van der Waals surface area (Å²) >= 11 is 0. The number of hydrogen-bond acceptors (Lipinski definition) is 6. The Balaban J connectivity index is 2.02. The number of sulfone groups is 1. The number of nitro benzene ring substituents is 1. The highest BCUT2D eigenvalue weighted by Crippen LogP contribution is 2.35. The first-order valence-electron chi connectivity index (χ1n) is 6.96. The SMILES string of the molecule is O=C(COc1ccc(C(F)(F)F)cc1[N+](=O)[O-])NC1CCS(=O)(=O)C1. The molecule has 0 bridgehead atoms. The number of benzene rings is 1. The van der Waals surface area contributed by atoms with Crippen molar-refractivity contribution in [1.82, 2.24) is 5.32 Å². The first-order chi connectivity index (χ1) is 11.5. The molecule has 1 saturated heterocycles. The molecule has 1 aromatic carbocycles. The number of halogens is 3. The van der Waals surface area contributed by atoms with E-state index in [1.807, 2.05) is 0 Å². The topological polar surface area (TPSA) is 116 Å². The zero-order valence-corrected chi connectivity index (χ0v) is 13.4. The van der Waals surface area contributed by atoms with Crippen LogP contribution in [0.25, 0.3) is 0 Å². The first-order valence-corrected chi connectivity index (χ1v) is 8.78. The van der Waals surface area contributed by atoms with Gasteiger partial charge >= 0.3 is 11.9 Å². The summed E-state index contributed by atoms with van der Waals surface area (Å²) in [6.45, 7) is -0.692. The largest absolute Gasteiger partial charge is 0.477 e. The minimum absolute atomic E-state index is 0.0524. The second-order valence-electron chi connectivity index (χ2n) is 5.39. The van der Waals surface area contributed by atoms with Gasteiger partial charge in [-0.1, -0.05) is 0 Å². The minimum atomic E-state index is -4.76. The van der Waals surface area contributed by atoms with Crippen LogP contribution >= 0.6 is 0 Å². The number of carbonyl (C=O) groups is 1. The molecule has 0 saturated carbocycles. The van der Waals surface area contributed by atoms with Gasteiger partial charge in [0.1, 0.15) is 0 Å². The van der Waals surface area contributed by atoms with Crippen molar-refractivity contribution < 1.29 is 36.0 Å². The van der Waals surface area contributed by atoms with Crippen LogP contribution in [-0.2, 0) is 20.8 Å². The van der Waals surface area contributed by atoms with Crippen molar-refractivity contribution in [2.24, 2.45) is 0 Å². The second-order valence-corrected chi connectivity index (χ2v) is 7.62. The molecule has 12 heteroatoms. The van der Waals surface area contributed by atoms with Gasteiger partial charge in [0.05, 0.1) is 22.0 Å². The van der Waals surface area contributed by atoms with Crippen molar-refractivity contribution in [3.63, 3.8) is 0 Å². The molecule has 1 aromatic rings. The zero-order chi connectivity index (χ0) is 18.8. The van der Waals surface area contributed by atoms with Gasteiger partial charge in [0.25, 0.3) is 5.91 Å². The lowest BCUT2D eigenvalue weighted by molar-refractivity contribution is -0.386. The Hall–Kier alpha value is -2.37. The Kier molecular flexibility index (Phi) is 5.20. The second kappa shape index (κ2) is 6.86. The van der Waals surface area contributed by atoms with Gasteiger partial charge in [0.2, 0.25) is 0 Å². The number of amides is 1. The molecule has 0 spiro atoms. The molecular formula is C13H13F3N2O6S. The van der Waals surface area contributed by atoms with Gasteiger partial charge in [0.15, 0.2) is 22.2 Å². The van der Waals surface area contributed by atoms with Crippen LogP contribution in [0.4, 0.5) is 18.9 Å². The summed E-state index contributed by atoms with van der Waals surface area (Å²) in [6.07, 6.45) is -4.51. The Bertz CT molecular complexity index is 793. The van der Waals surface area contributed by atoms with E-state index in [4.69, 9.17) is 4.74 Å². The Morgan fingerprint density at radius 2 is 2.08 bits per heavy atom. The lowest BCUT2D eigenvalue weighted by Crippen LogP contribution is -2.38. The van der Waals surface area contributed by atoms with E-state index in [0.717, 1.165) is 6.07 Å². The summed E-state index contributed by atoms with van der Waals surface area (Å²) < 4.78 is 65.3. The standard InChI is InChI=1S/C13H13F3N2O6S/c14-13(15,16)8-1-2-11(10(5-8)18(20)21)24-6-12(19)17-9-3-4-25(22,23)7-9/h1-2,5,9H,3-4,6-7H2,(H,17,19). The highest BCUT2D eigenvalue weighted by Gasteiger charge is 2.33. The molecule has 0 radical (unpaired) electrons. The van der Waals surface area contributed by atoms with Gasteiger partial charge in [-0.25, -0.2) is 8.42 Å². The van der Waals surface area contributed by atoms with E-state index in [1.165, 1.54) is 0 Å². The van der Waals surface area contributed by atoms with Crippen molar-refractivity contribution in [2.45, 2.75) is 18.6 Å². The number of ether oxygens (including phenoxy) is 1. The van der Waals surface area contributed by atoms with Crippen molar-refractivity contribution in [1.29, 1.82) is 0 Å². The van der Waals surface area contributed by atoms with E-state index < -0.39 is 56.5 Å². The van der Waals surface area contributed by atoms with E-state index in [9.17, 15) is 36.5 Å². The predicted molar refractivity (Wildman–Crippen MR) is 78.8 cm³/mol. The van der Waals surface area contributed by atoms with E-state index in [1.54, 1.807) is 0 Å². The fourth-order valence-corrected chi connectivity index (χ4v) is 3.95. The lowest BCUT2D eigenvalue weighted by Gasteiger charge is -2.12. The highest BCUT2D eigenvalue weighted by molar-refractivity contribution is 7.91. The third kappa shape index (κ3) is 5.05. The number of rotatable bonds is 5. The van der Waals surface area contributed by atoms with E-state index in [-0.39, 0.29) is 17.9 Å². The maximum atomic E-state index is 12.6. The van der Waals surface area contributed by atoms with Gasteiger partial charge < -0.3 is 10.1 Å². The van der Waals surface area contributed by atoms with Crippen LogP contribution in [0.15, 0.2) is 18.2 Å². The summed E-state index contributed by atoms with van der Waals surface area (Å²) in [6, 6.07) is 1.10. The van der Waals surface area contributed by atoms with Gasteiger partial charge in [-0.15, -0.1) is 0 Å². The van der Waals surface area contributed by atoms with Gasteiger partial charge in [-0.3, -0.25) is 14.9 Å². The van der Waals surface area contributed by atoms with Crippen LogP contribution in [0, 0.1) is 10.1 Å². The molecule has 138 valence electrons. The van der Waals surface area contributed by atoms with Gasteiger partial charge in [-0.05, 0) is 18.6 Å². The van der Waals surface area contributed by atoms with E-state index >= 15 is 0 Å². The number of nitrogens with one attached hydrogen (secondary N) is 1. The van der Waals surface area contributed by atoms with E-state index in [0.29, 0.717) is 12.1 Å². The third-order valence-corrected chi connectivity index (χ3v) is 5.21. The number of alkyl halides is 3. The molecule has 0 aliphatic carbocycles. The maximum absolute atomic E-state index is 12.6. The molecule has 1 fully saturated rings. The van der Waals surface area contributed by atoms with E-state index in [2.05, 4.69) is 5.32 Å². The minimum Gasteiger partial charge on any atom is -0.477 e. The molecule has 25 heavy (non-hydrogen) atoms. The molecule has 1 unspecified atom stereocenters. The monoisotopic (exact) mass is 382 g/mol. The number of nitro groups is 1. The number of nitrogens with zero attached hydrogens (tertiary/aromatic N) is 1. The molecule has 1 amide bonds. The zero-order valence-electron chi connectivity index (χ0n) is 12.6. The summed E-state index contributed by atoms with van der Waals surface area (Å²) in [5.41, 5.74) is -2.14. The predicted octanol–water partition coefficient (Wildman–Crippen LogP) is 1.30. The van der Waals surface area contributed by atoms with Crippen molar-refractivity contribution in [3.05, 3.63) is 33.9 Å². The Morgan fingerprint density at radius 3 is 2.60 bits per heavy atom. The van der Waals surface area contributed by atoms with Gasteiger partial charge in [0, 0.05) is 12.1 Å². The number of hydrogen-bond donors (Lipinski definition) is 1. The van der Waals surface area contributed by atoms with Crippen molar-refractivity contribution in [2.75, 3.05) is 18.1 Å². The Labute approximate surface area is 140 Å². The van der Waals surface area contributed by atoms with Crippen molar-refractivity contribution >= 4 is 21.4 Å². The average Bonchev–Trinajstić information content (AvgIpc) is 2.82. The molecule has 8 nitrogen and oxygen atoms in total. The molecule has 1 aliphatic rings. The van der Waals surface area contributed by atoms with Crippen LogP contribution < -0.4 is 10.1 Å². The molecule has 1 N–H and O–H groups in total. The fraction of sp³-hybridized carbons (Fsp3) is 0.462.